The van der Waals surface area contributed by atoms with Crippen LogP contribution in [0.1, 0.15) is 198 Å². The van der Waals surface area contributed by atoms with Crippen LogP contribution in [0.4, 0.5) is 0 Å². The van der Waals surface area contributed by atoms with E-state index in [1.807, 2.05) is 159 Å². The summed E-state index contributed by atoms with van der Waals surface area (Å²) in [7, 11) is 4.99. The molecule has 6 aliphatic heterocycles. The fraction of sp³-hybridized carbons (Fsp3) is 0.196. The number of rotatable bonds is 13. The molecule has 1 aromatic carbocycles. The lowest BCUT2D eigenvalue weighted by atomic mass is 9.96. The molecule has 0 fully saturated rings. The highest BCUT2D eigenvalue weighted by Crippen LogP contribution is 2.42. The highest BCUT2D eigenvalue weighted by molar-refractivity contribution is 7.16. The quantitative estimate of drug-likeness (QED) is 0.112. The summed E-state index contributed by atoms with van der Waals surface area (Å²) in [6.07, 6.45) is 17.5. The van der Waals surface area contributed by atoms with E-state index >= 15 is 0 Å². The maximum absolute atomic E-state index is 12.5. The molecule has 0 saturated carbocycles. The molecule has 0 radical (unpaired) electrons. The molecule has 8 amide bonds. The molecule has 1 N–H and O–H groups in total. The SMILES string of the molecule is CC(C)Cc1csc2c1C(=O)N=C(c1ccccn1)C2.CCc1c(C)sc2c1C(=O)N=C(c1ccccn1)C2.CNC(=O)c1sc2c(c1C)C(=O)N=C(c1ccccn1)C2.Cc1c(-c2ccccc2)sc2c1C(=O)N=C(c1ccccn1)C2.Cc1c(C(=O)N(C)C)sc2c1C(=O)N=C(c1ccccn1)C2.O=C1N=C(c2ccccn2)Cc2scc(-c3ccco3)c21. The minimum atomic E-state index is -0.291. The average molecular weight is 1780 g/mol. The Kier molecular flexibility index (Phi) is 27.2. The van der Waals surface area contributed by atoms with Gasteiger partial charge in [-0.3, -0.25) is 68.3 Å². The summed E-state index contributed by atoms with van der Waals surface area (Å²) in [5.41, 5.74) is 19.9. The third-order valence-electron chi connectivity index (χ3n) is 21.0. The van der Waals surface area contributed by atoms with E-state index in [9.17, 15) is 38.4 Å². The molecule has 20 rings (SSSR count). The molecular formula is C97H82N14O9S6. The lowest BCUT2D eigenvalue weighted by molar-refractivity contribution is 0.0829. The van der Waals surface area contributed by atoms with Crippen LogP contribution >= 0.6 is 68.0 Å². The van der Waals surface area contributed by atoms with Crippen molar-refractivity contribution in [2.24, 2.45) is 35.9 Å². The number of carbonyl (C=O) groups is 8. The molecule has 29 heteroatoms. The predicted molar refractivity (Wildman–Crippen MR) is 500 cm³/mol. The lowest BCUT2D eigenvalue weighted by Gasteiger charge is -2.13. The Morgan fingerprint density at radius 1 is 0.413 bits per heavy atom. The van der Waals surface area contributed by atoms with Gasteiger partial charge in [0.15, 0.2) is 0 Å². The largest absolute Gasteiger partial charge is 0.464 e. The standard InChI is InChI=1S/C19H14N2OS.C16H15N3O2S.C16H10N2O2S.C16H16N2OS.C15H13N3O2S.C15H14N2OS/c1-12-17-16(23-18(12)13-7-3-2-4-8-13)11-15(21-19(17)22)14-9-5-6-10-20-14;1-9-13-12(22-14(9)16(21)19(2)3)8-11(18-15(13)20)10-6-4-5-7-17-10;19-16-15-10(13-5-3-7-20-13)9-21-14(15)8-12(18-16)11-4-1-2-6-17-11;1-10(2)7-11-9-20-14-8-13(18-16(19)15(11)14)12-5-3-4-6-17-12;1-8-12-11(21-13(8)15(20)16-2)7-10(18-14(12)19)9-5-3-4-6-17-9;1-3-10-9(2)19-13-8-12(17-15(18)14(10)13)11-6-4-5-7-16-11/h2-10H,11H2,1H3;4-7H,8H2,1-3H3;1-7,9H,8H2;3-6,9-10H,7-8H2,1-2H3;3-6H,7H2,1-2H3,(H,16,20);4-7H,3,8H2,1-2H3. The first-order chi connectivity index (χ1) is 61.0. The van der Waals surface area contributed by atoms with Crippen molar-refractivity contribution in [2.45, 2.75) is 99.8 Å². The predicted octanol–water partition coefficient (Wildman–Crippen LogP) is 19.0. The van der Waals surface area contributed by atoms with Gasteiger partial charge in [-0.15, -0.1) is 68.0 Å². The van der Waals surface area contributed by atoms with Gasteiger partial charge in [0.25, 0.3) is 47.3 Å². The van der Waals surface area contributed by atoms with Gasteiger partial charge in [-0.05, 0) is 170 Å². The summed E-state index contributed by atoms with van der Waals surface area (Å²) >= 11 is 9.37. The number of amides is 8. The van der Waals surface area contributed by atoms with E-state index in [2.05, 4.69) is 110 Å². The van der Waals surface area contributed by atoms with Crippen molar-refractivity contribution in [3.05, 3.63) is 345 Å². The van der Waals surface area contributed by atoms with Crippen LogP contribution in [0.25, 0.3) is 21.8 Å². The molecule has 126 heavy (non-hydrogen) atoms. The van der Waals surface area contributed by atoms with Gasteiger partial charge in [0.2, 0.25) is 0 Å². The number of hydrogen-bond acceptors (Lipinski definition) is 21. The number of carbonyl (C=O) groups excluding carboxylic acids is 8. The van der Waals surface area contributed by atoms with E-state index in [-0.39, 0.29) is 47.3 Å². The van der Waals surface area contributed by atoms with Crippen LogP contribution in [0.3, 0.4) is 0 Å². The normalized spacial score (nSPS) is 13.9. The van der Waals surface area contributed by atoms with Crippen molar-refractivity contribution in [1.82, 2.24) is 40.1 Å². The van der Waals surface area contributed by atoms with E-state index in [1.165, 1.54) is 32.5 Å². The number of fused-ring (bicyclic) bond motifs is 6. The minimum Gasteiger partial charge on any atom is -0.464 e. The summed E-state index contributed by atoms with van der Waals surface area (Å²) in [5, 5.41) is 6.67. The Morgan fingerprint density at radius 3 is 1.17 bits per heavy atom. The number of benzene rings is 1. The molecule has 14 aromatic rings. The third-order valence-corrected chi connectivity index (χ3v) is 28.1. The van der Waals surface area contributed by atoms with Crippen LogP contribution < -0.4 is 5.32 Å². The van der Waals surface area contributed by atoms with Crippen LogP contribution in [0.15, 0.2) is 240 Å². The molecule has 23 nitrogen and oxygen atoms in total. The van der Waals surface area contributed by atoms with Crippen molar-refractivity contribution in [2.75, 3.05) is 21.1 Å². The van der Waals surface area contributed by atoms with Crippen LogP contribution in [0, 0.1) is 33.6 Å². The van der Waals surface area contributed by atoms with Gasteiger partial charge in [0.1, 0.15) is 5.76 Å². The third kappa shape index (κ3) is 19.1. The fourth-order valence-electron chi connectivity index (χ4n) is 15.1. The molecule has 0 bridgehead atoms. The molecule has 6 aliphatic rings. The van der Waals surface area contributed by atoms with Crippen LogP contribution in [0.5, 0.6) is 0 Å². The van der Waals surface area contributed by atoms with Gasteiger partial charge in [-0.2, -0.15) is 0 Å². The first-order valence-electron chi connectivity index (χ1n) is 40.4. The van der Waals surface area contributed by atoms with Gasteiger partial charge in [-0.25, -0.2) is 30.0 Å². The van der Waals surface area contributed by atoms with E-state index in [0.29, 0.717) is 105 Å². The topological polar surface area (TPSA) is 316 Å². The van der Waals surface area contributed by atoms with Crippen molar-refractivity contribution < 1.29 is 42.8 Å². The second-order valence-electron chi connectivity index (χ2n) is 30.1. The van der Waals surface area contributed by atoms with Crippen molar-refractivity contribution >= 4 is 150 Å². The van der Waals surface area contributed by atoms with Gasteiger partial charge >= 0.3 is 0 Å². The van der Waals surface area contributed by atoms with E-state index in [4.69, 9.17) is 4.42 Å². The monoisotopic (exact) mass is 1780 g/mol. The van der Waals surface area contributed by atoms with Crippen molar-refractivity contribution in [3.8, 4) is 21.8 Å². The number of aromatic nitrogens is 6. The Balaban J connectivity index is 0.000000117. The number of pyridine rings is 6. The summed E-state index contributed by atoms with van der Waals surface area (Å²) in [4.78, 5) is 160. The minimum absolute atomic E-state index is 0.0795. The Morgan fingerprint density at radius 2 is 0.778 bits per heavy atom. The van der Waals surface area contributed by atoms with Gasteiger partial charge in [0, 0.05) is 147 Å². The molecule has 630 valence electrons. The smallest absolute Gasteiger partial charge is 0.279 e. The molecule has 0 atom stereocenters. The van der Waals surface area contributed by atoms with Gasteiger partial charge in [-0.1, -0.05) is 87.5 Å². The maximum Gasteiger partial charge on any atom is 0.279 e. The number of hydrogen-bond donors (Lipinski definition) is 1. The molecule has 13 aromatic heterocycles. The number of thiophene rings is 6. The lowest BCUT2D eigenvalue weighted by Crippen LogP contribution is -2.21. The zero-order valence-electron chi connectivity index (χ0n) is 70.3. The summed E-state index contributed by atoms with van der Waals surface area (Å²) in [6.45, 7) is 14.1. The Hall–Kier alpha value is -13.4. The van der Waals surface area contributed by atoms with Crippen LogP contribution in [0.2, 0.25) is 0 Å². The molecule has 0 saturated heterocycles. The summed E-state index contributed by atoms with van der Waals surface area (Å²) in [6, 6.07) is 47.6. The van der Waals surface area contributed by atoms with E-state index in [1.54, 1.807) is 117 Å². The first kappa shape index (κ1) is 87.5. The van der Waals surface area contributed by atoms with Crippen LogP contribution in [-0.2, 0) is 51.4 Å². The van der Waals surface area contributed by atoms with Gasteiger partial charge < -0.3 is 14.6 Å². The number of aryl methyl sites for hydroxylation is 1. The second kappa shape index (κ2) is 39.2. The van der Waals surface area contributed by atoms with E-state index < -0.39 is 0 Å². The second-order valence-corrected chi connectivity index (χ2v) is 36.7. The summed E-state index contributed by atoms with van der Waals surface area (Å²) < 4.78 is 5.40. The van der Waals surface area contributed by atoms with Crippen molar-refractivity contribution in [3.63, 3.8) is 0 Å². The first-order valence-corrected chi connectivity index (χ1v) is 45.4. The average Bonchev–Trinajstić information content (AvgIpc) is 1.64. The molecule has 0 spiro atoms. The van der Waals surface area contributed by atoms with Crippen molar-refractivity contribution in [1.29, 1.82) is 0 Å². The molecule has 19 heterocycles. The van der Waals surface area contributed by atoms with Crippen LogP contribution in [-0.4, -0.2) is 137 Å². The maximum atomic E-state index is 12.5. The number of nitrogens with zero attached hydrogens (tertiary/aromatic N) is 13. The van der Waals surface area contributed by atoms with E-state index in [0.717, 1.165) is 143 Å². The summed E-state index contributed by atoms with van der Waals surface area (Å²) in [5.74, 6) is -0.156. The molecular weight excluding hydrogens is 1700 g/mol. The highest BCUT2D eigenvalue weighted by atomic mass is 32.1. The Labute approximate surface area is 750 Å². The number of nitrogens with one attached hydrogen (secondary N) is 1. The molecule has 0 aliphatic carbocycles. The van der Waals surface area contributed by atoms with Gasteiger partial charge in [0.05, 0.1) is 118 Å². The number of aliphatic imine (C=N–C) groups is 6. The number of furan rings is 1. The zero-order chi connectivity index (χ0) is 88.4. The zero-order valence-corrected chi connectivity index (χ0v) is 75.2. The highest BCUT2D eigenvalue weighted by Gasteiger charge is 2.35. The fourth-order valence-corrected chi connectivity index (χ4v) is 22.3. The Bertz CT molecular complexity index is 6720. The molecule has 0 unspecified atom stereocenters.